The molecule has 0 unspecified atom stereocenters. The molecule has 138 valence electrons. The average molecular weight is 503 g/mol. The van der Waals surface area contributed by atoms with Crippen LogP contribution in [0.4, 0.5) is 4.39 Å². The van der Waals surface area contributed by atoms with Gasteiger partial charge >= 0.3 is 0 Å². The molecule has 0 atom stereocenters. The summed E-state index contributed by atoms with van der Waals surface area (Å²) in [4.78, 5) is 18.0. The molecule has 0 aliphatic rings. The molecule has 1 aromatic heterocycles. The zero-order valence-corrected chi connectivity index (χ0v) is 17.4. The fourth-order valence-corrected chi connectivity index (χ4v) is 3.61. The van der Waals surface area contributed by atoms with Gasteiger partial charge in [-0.2, -0.15) is 0 Å². The number of aromatic nitrogens is 2. The lowest BCUT2D eigenvalue weighted by atomic mass is 10.2. The second-order valence-electron chi connectivity index (χ2n) is 6.11. The predicted molar refractivity (Wildman–Crippen MR) is 120 cm³/mol. The molecule has 0 saturated carbocycles. The topological polar surface area (TPSA) is 34.9 Å². The fraction of sp³-hybridized carbons (Fsp3) is 0. The monoisotopic (exact) mass is 502 g/mol. The van der Waals surface area contributed by atoms with Crippen LogP contribution in [0.25, 0.3) is 28.7 Å². The van der Waals surface area contributed by atoms with Gasteiger partial charge in [-0.15, -0.1) is 0 Å². The molecule has 0 spiro atoms. The molecule has 0 amide bonds. The van der Waals surface area contributed by atoms with Gasteiger partial charge in [0.2, 0.25) is 0 Å². The van der Waals surface area contributed by atoms with Crippen LogP contribution in [-0.4, -0.2) is 9.55 Å². The highest BCUT2D eigenvalue weighted by Gasteiger charge is 2.13. The van der Waals surface area contributed by atoms with Gasteiger partial charge in [0.15, 0.2) is 0 Å². The number of nitrogens with zero attached hydrogens (tertiary/aromatic N) is 2. The second-order valence-corrected chi connectivity index (χ2v) is 7.76. The molecule has 4 rings (SSSR count). The molecule has 0 aliphatic heterocycles. The number of hydrogen-bond acceptors (Lipinski definition) is 2. The third-order valence-corrected chi connectivity index (χ3v) is 5.24. The SMILES string of the molecule is O=c1c2cc(I)ccc2nc(C=Cc2ccc(F)cc2)n1-c1ccccc1Cl. The van der Waals surface area contributed by atoms with Gasteiger partial charge in [0.25, 0.3) is 5.56 Å². The smallest absolute Gasteiger partial charge is 0.266 e. The fourth-order valence-electron chi connectivity index (χ4n) is 2.90. The Kier molecular flexibility index (Phi) is 5.28. The summed E-state index contributed by atoms with van der Waals surface area (Å²) in [6, 6.07) is 18.8. The number of para-hydroxylation sites is 1. The molecule has 6 heteroatoms. The van der Waals surface area contributed by atoms with Gasteiger partial charge in [0.1, 0.15) is 11.6 Å². The highest BCUT2D eigenvalue weighted by molar-refractivity contribution is 14.1. The lowest BCUT2D eigenvalue weighted by Crippen LogP contribution is -2.22. The lowest BCUT2D eigenvalue weighted by molar-refractivity contribution is 0.628. The van der Waals surface area contributed by atoms with E-state index in [-0.39, 0.29) is 11.4 Å². The van der Waals surface area contributed by atoms with Crippen molar-refractivity contribution in [2.24, 2.45) is 0 Å². The van der Waals surface area contributed by atoms with E-state index in [0.29, 0.717) is 27.4 Å². The molecule has 0 bridgehead atoms. The molecule has 0 aliphatic carbocycles. The van der Waals surface area contributed by atoms with E-state index in [9.17, 15) is 9.18 Å². The molecule has 0 radical (unpaired) electrons. The first-order valence-corrected chi connectivity index (χ1v) is 9.89. The van der Waals surface area contributed by atoms with Crippen LogP contribution in [0.3, 0.4) is 0 Å². The van der Waals surface area contributed by atoms with Crippen molar-refractivity contribution in [3.8, 4) is 5.69 Å². The molecule has 3 aromatic carbocycles. The van der Waals surface area contributed by atoms with E-state index in [2.05, 4.69) is 27.6 Å². The molecule has 0 N–H and O–H groups in total. The molecule has 1 heterocycles. The zero-order chi connectivity index (χ0) is 19.7. The summed E-state index contributed by atoms with van der Waals surface area (Å²) in [5.41, 5.74) is 1.76. The minimum atomic E-state index is -0.302. The first-order valence-electron chi connectivity index (χ1n) is 8.44. The van der Waals surface area contributed by atoms with Crippen molar-refractivity contribution in [2.75, 3.05) is 0 Å². The third kappa shape index (κ3) is 3.72. The van der Waals surface area contributed by atoms with Crippen molar-refractivity contribution in [1.29, 1.82) is 0 Å². The van der Waals surface area contributed by atoms with Gasteiger partial charge in [0, 0.05) is 3.57 Å². The normalized spacial score (nSPS) is 11.4. The molecule has 28 heavy (non-hydrogen) atoms. The second kappa shape index (κ2) is 7.85. The van der Waals surface area contributed by atoms with Gasteiger partial charge in [-0.3, -0.25) is 9.36 Å². The maximum Gasteiger partial charge on any atom is 0.266 e. The Hall–Kier alpha value is -2.51. The number of rotatable bonds is 3. The molecular formula is C22H13ClFIN2O. The van der Waals surface area contributed by atoms with E-state index in [1.165, 1.54) is 16.7 Å². The highest BCUT2D eigenvalue weighted by atomic mass is 127. The van der Waals surface area contributed by atoms with E-state index >= 15 is 0 Å². The minimum Gasteiger partial charge on any atom is -0.268 e. The van der Waals surface area contributed by atoms with E-state index in [1.807, 2.05) is 30.3 Å². The van der Waals surface area contributed by atoms with Gasteiger partial charge in [-0.05, 0) is 76.7 Å². The van der Waals surface area contributed by atoms with Crippen molar-refractivity contribution >= 4 is 57.2 Å². The van der Waals surface area contributed by atoms with Crippen LogP contribution in [0.15, 0.2) is 71.5 Å². The maximum absolute atomic E-state index is 13.3. The number of fused-ring (bicyclic) bond motifs is 1. The van der Waals surface area contributed by atoms with Crippen LogP contribution >= 0.6 is 34.2 Å². The van der Waals surface area contributed by atoms with Crippen molar-refractivity contribution in [1.82, 2.24) is 9.55 Å². The van der Waals surface area contributed by atoms with Gasteiger partial charge < -0.3 is 0 Å². The predicted octanol–water partition coefficient (Wildman–Crippen LogP) is 5.95. The van der Waals surface area contributed by atoms with Crippen LogP contribution in [-0.2, 0) is 0 Å². The summed E-state index contributed by atoms with van der Waals surface area (Å²) in [7, 11) is 0. The quantitative estimate of drug-likeness (QED) is 0.324. The Morgan fingerprint density at radius 1 is 1.00 bits per heavy atom. The first kappa shape index (κ1) is 18.8. The summed E-state index contributed by atoms with van der Waals surface area (Å²) < 4.78 is 15.6. The Balaban J connectivity index is 1.97. The molecule has 0 saturated heterocycles. The number of halogens is 3. The van der Waals surface area contributed by atoms with Crippen molar-refractivity contribution < 1.29 is 4.39 Å². The average Bonchev–Trinajstić information content (AvgIpc) is 2.69. The largest absolute Gasteiger partial charge is 0.268 e. The first-order chi connectivity index (χ1) is 13.5. The van der Waals surface area contributed by atoms with Crippen LogP contribution < -0.4 is 5.56 Å². The standard InChI is InChI=1S/C22H13ClFIN2O/c23-18-3-1-2-4-20(18)27-21(12-7-14-5-8-15(24)9-6-14)26-19-11-10-16(25)13-17(19)22(27)28/h1-13H. The number of benzene rings is 3. The number of hydrogen-bond donors (Lipinski definition) is 0. The van der Waals surface area contributed by atoms with Crippen molar-refractivity contribution in [3.05, 3.63) is 103 Å². The summed E-state index contributed by atoms with van der Waals surface area (Å²) in [6.45, 7) is 0. The van der Waals surface area contributed by atoms with Crippen molar-refractivity contribution in [2.45, 2.75) is 0 Å². The van der Waals surface area contributed by atoms with Crippen LogP contribution in [0.1, 0.15) is 11.4 Å². The molecular weight excluding hydrogens is 490 g/mol. The summed E-state index contributed by atoms with van der Waals surface area (Å²) in [5, 5.41) is 0.971. The van der Waals surface area contributed by atoms with E-state index < -0.39 is 0 Å². The van der Waals surface area contributed by atoms with Crippen molar-refractivity contribution in [3.63, 3.8) is 0 Å². The Morgan fingerprint density at radius 2 is 1.75 bits per heavy atom. The van der Waals surface area contributed by atoms with E-state index in [0.717, 1.165) is 9.13 Å². The van der Waals surface area contributed by atoms with Crippen LogP contribution in [0.2, 0.25) is 5.02 Å². The van der Waals surface area contributed by atoms with Gasteiger partial charge in [-0.1, -0.05) is 41.9 Å². The Morgan fingerprint density at radius 3 is 2.50 bits per heavy atom. The molecule has 3 nitrogen and oxygen atoms in total. The summed E-state index contributed by atoms with van der Waals surface area (Å²) >= 11 is 8.53. The third-order valence-electron chi connectivity index (χ3n) is 4.24. The summed E-state index contributed by atoms with van der Waals surface area (Å²) in [6.07, 6.45) is 3.52. The lowest BCUT2D eigenvalue weighted by Gasteiger charge is -2.13. The van der Waals surface area contributed by atoms with Crippen LogP contribution in [0.5, 0.6) is 0 Å². The maximum atomic E-state index is 13.3. The van der Waals surface area contributed by atoms with Crippen LogP contribution in [0, 0.1) is 9.39 Å². The van der Waals surface area contributed by atoms with E-state index in [4.69, 9.17) is 11.6 Å². The highest BCUT2D eigenvalue weighted by Crippen LogP contribution is 2.22. The van der Waals surface area contributed by atoms with Gasteiger partial charge in [-0.25, -0.2) is 9.37 Å². The zero-order valence-electron chi connectivity index (χ0n) is 14.4. The Labute approximate surface area is 179 Å². The molecule has 0 fully saturated rings. The summed E-state index contributed by atoms with van der Waals surface area (Å²) in [5.74, 6) is 0.139. The Bertz CT molecular complexity index is 1270. The van der Waals surface area contributed by atoms with E-state index in [1.54, 1.807) is 36.4 Å². The minimum absolute atomic E-state index is 0.199. The molecule has 4 aromatic rings. The van der Waals surface area contributed by atoms with Gasteiger partial charge in [0.05, 0.1) is 21.6 Å².